The Bertz CT molecular complexity index is 1150. The monoisotopic (exact) mass is 547 g/mol. The first-order valence-electron chi connectivity index (χ1n) is 9.89. The lowest BCUT2D eigenvalue weighted by atomic mass is 10.1. The largest absolute Gasteiger partial charge is 0.488 e. The molecule has 0 unspecified atom stereocenters. The van der Waals surface area contributed by atoms with Crippen molar-refractivity contribution in [2.45, 2.75) is 19.6 Å². The summed E-state index contributed by atoms with van der Waals surface area (Å²) in [6.45, 7) is 1.94. The number of benzene rings is 3. The maximum Gasteiger partial charge on any atom is 0.329 e. The van der Waals surface area contributed by atoms with E-state index < -0.39 is 11.8 Å². The van der Waals surface area contributed by atoms with Crippen LogP contribution >= 0.6 is 39.1 Å². The number of amides is 2. The van der Waals surface area contributed by atoms with E-state index in [1.807, 2.05) is 30.3 Å². The number of hydrazone groups is 1. The van der Waals surface area contributed by atoms with E-state index in [1.54, 1.807) is 43.3 Å². The molecule has 9 heteroatoms. The number of hydrogen-bond acceptors (Lipinski definition) is 4. The number of halogens is 3. The van der Waals surface area contributed by atoms with Gasteiger partial charge in [0.05, 0.1) is 12.3 Å². The van der Waals surface area contributed by atoms with Gasteiger partial charge in [0.15, 0.2) is 0 Å². The maximum atomic E-state index is 12.2. The molecular weight excluding hydrogens is 529 g/mol. The van der Waals surface area contributed by atoms with Gasteiger partial charge in [0, 0.05) is 25.6 Å². The summed E-state index contributed by atoms with van der Waals surface area (Å²) >= 11 is 15.8. The maximum absolute atomic E-state index is 12.2. The first-order chi connectivity index (χ1) is 15.8. The van der Waals surface area contributed by atoms with Crippen LogP contribution in [0.2, 0.25) is 10.0 Å². The summed E-state index contributed by atoms with van der Waals surface area (Å²) < 4.78 is 6.66. The fourth-order valence-electron chi connectivity index (χ4n) is 2.87. The summed E-state index contributed by atoms with van der Waals surface area (Å²) in [6, 6.07) is 19.5. The number of carbonyl (C=O) groups is 2. The molecule has 0 aliphatic carbocycles. The third-order valence-corrected chi connectivity index (χ3v) is 5.83. The summed E-state index contributed by atoms with van der Waals surface area (Å²) in [5.74, 6) is -1.17. The molecular formula is C24H20BrCl2N3O3. The van der Waals surface area contributed by atoms with Gasteiger partial charge in [-0.25, -0.2) is 5.43 Å². The van der Waals surface area contributed by atoms with E-state index >= 15 is 0 Å². The fraction of sp³-hybridized carbons (Fsp3) is 0.125. The zero-order chi connectivity index (χ0) is 23.8. The zero-order valence-electron chi connectivity index (χ0n) is 17.5. The van der Waals surface area contributed by atoms with Gasteiger partial charge in [-0.2, -0.15) is 5.10 Å². The van der Waals surface area contributed by atoms with E-state index in [0.717, 1.165) is 10.0 Å². The van der Waals surface area contributed by atoms with Crippen molar-refractivity contribution in [1.29, 1.82) is 0 Å². The van der Waals surface area contributed by atoms with Crippen molar-refractivity contribution in [3.8, 4) is 5.75 Å². The number of rotatable bonds is 7. The highest BCUT2D eigenvalue weighted by atomic mass is 79.9. The number of ether oxygens (including phenoxy) is 1. The van der Waals surface area contributed by atoms with Crippen molar-refractivity contribution in [3.05, 3.63) is 97.9 Å². The molecule has 3 rings (SSSR count). The minimum atomic E-state index is -0.880. The predicted molar refractivity (Wildman–Crippen MR) is 134 cm³/mol. The summed E-state index contributed by atoms with van der Waals surface area (Å²) in [6.07, 6.45) is 1.39. The minimum Gasteiger partial charge on any atom is -0.488 e. The SMILES string of the molecule is C[C@@H](NC(=O)C(=O)N/N=C\c1cc(Br)ccc1OCc1c(Cl)cccc1Cl)c1ccccc1. The molecule has 0 heterocycles. The van der Waals surface area contributed by atoms with Gasteiger partial charge in [-0.1, -0.05) is 75.5 Å². The summed E-state index contributed by atoms with van der Waals surface area (Å²) in [7, 11) is 0. The lowest BCUT2D eigenvalue weighted by Gasteiger charge is -2.13. The van der Waals surface area contributed by atoms with Crippen LogP contribution in [-0.2, 0) is 16.2 Å². The number of nitrogens with zero attached hydrogens (tertiary/aromatic N) is 1. The van der Waals surface area contributed by atoms with Gasteiger partial charge < -0.3 is 10.1 Å². The second-order valence-corrected chi connectivity index (χ2v) is 8.71. The van der Waals surface area contributed by atoms with Crippen LogP contribution < -0.4 is 15.5 Å². The van der Waals surface area contributed by atoms with Crippen molar-refractivity contribution in [1.82, 2.24) is 10.7 Å². The van der Waals surface area contributed by atoms with Crippen LogP contribution in [-0.4, -0.2) is 18.0 Å². The van der Waals surface area contributed by atoms with Crippen LogP contribution in [0.3, 0.4) is 0 Å². The quantitative estimate of drug-likeness (QED) is 0.227. The Kier molecular flexibility index (Phi) is 8.88. The second-order valence-electron chi connectivity index (χ2n) is 6.98. The highest BCUT2D eigenvalue weighted by Gasteiger charge is 2.16. The summed E-state index contributed by atoms with van der Waals surface area (Å²) in [4.78, 5) is 24.3. The molecule has 0 bridgehead atoms. The standard InChI is InChI=1S/C24H20BrCl2N3O3/c1-15(16-6-3-2-4-7-16)29-23(31)24(32)30-28-13-17-12-18(25)10-11-22(17)33-14-19-20(26)8-5-9-21(19)27/h2-13,15H,14H2,1H3,(H,29,31)(H,30,32)/b28-13-/t15-/m1/s1. The molecule has 0 aromatic heterocycles. The molecule has 170 valence electrons. The Hall–Kier alpha value is -2.87. The highest BCUT2D eigenvalue weighted by molar-refractivity contribution is 9.10. The van der Waals surface area contributed by atoms with E-state index in [4.69, 9.17) is 27.9 Å². The summed E-state index contributed by atoms with van der Waals surface area (Å²) in [5, 5.41) is 7.52. The highest BCUT2D eigenvalue weighted by Crippen LogP contribution is 2.28. The van der Waals surface area contributed by atoms with Crippen molar-refractivity contribution >= 4 is 57.2 Å². The Morgan fingerprint density at radius 3 is 2.42 bits per heavy atom. The van der Waals surface area contributed by atoms with Crippen molar-refractivity contribution in [2.75, 3.05) is 0 Å². The molecule has 1 atom stereocenters. The van der Waals surface area contributed by atoms with Gasteiger partial charge >= 0.3 is 11.8 Å². The minimum absolute atomic E-state index is 0.146. The molecule has 0 aliphatic rings. The average Bonchev–Trinajstić information content (AvgIpc) is 2.80. The Morgan fingerprint density at radius 2 is 1.73 bits per heavy atom. The van der Waals surface area contributed by atoms with Crippen LogP contribution in [0.4, 0.5) is 0 Å². The predicted octanol–water partition coefficient (Wildman–Crippen LogP) is 5.66. The van der Waals surface area contributed by atoms with E-state index in [1.165, 1.54) is 6.21 Å². The smallest absolute Gasteiger partial charge is 0.329 e. The van der Waals surface area contributed by atoms with Gasteiger partial charge in [0.25, 0.3) is 0 Å². The zero-order valence-corrected chi connectivity index (χ0v) is 20.6. The van der Waals surface area contributed by atoms with E-state index in [0.29, 0.717) is 26.9 Å². The first kappa shape index (κ1) is 24.8. The molecule has 3 aromatic rings. The third kappa shape index (κ3) is 7.05. The fourth-order valence-corrected chi connectivity index (χ4v) is 3.76. The van der Waals surface area contributed by atoms with Crippen molar-refractivity contribution in [3.63, 3.8) is 0 Å². The molecule has 0 aliphatic heterocycles. The number of nitrogens with one attached hydrogen (secondary N) is 2. The van der Waals surface area contributed by atoms with Gasteiger partial charge in [-0.3, -0.25) is 9.59 Å². The molecule has 0 saturated heterocycles. The lowest BCUT2D eigenvalue weighted by Crippen LogP contribution is -2.39. The van der Waals surface area contributed by atoms with Crippen LogP contribution in [0.1, 0.15) is 29.7 Å². The number of carbonyl (C=O) groups excluding carboxylic acids is 2. The third-order valence-electron chi connectivity index (χ3n) is 4.63. The molecule has 0 radical (unpaired) electrons. The topological polar surface area (TPSA) is 79.8 Å². The molecule has 0 fully saturated rings. The molecule has 2 amide bonds. The molecule has 0 saturated carbocycles. The van der Waals surface area contributed by atoms with E-state index in [-0.39, 0.29) is 12.6 Å². The Morgan fingerprint density at radius 1 is 1.03 bits per heavy atom. The number of hydrogen-bond donors (Lipinski definition) is 2. The van der Waals surface area contributed by atoms with Gasteiger partial charge in [-0.15, -0.1) is 0 Å². The molecule has 0 spiro atoms. The van der Waals surface area contributed by atoms with Crippen LogP contribution in [0.5, 0.6) is 5.75 Å². The van der Waals surface area contributed by atoms with Crippen molar-refractivity contribution in [2.24, 2.45) is 5.10 Å². The molecule has 3 aromatic carbocycles. The molecule has 6 nitrogen and oxygen atoms in total. The van der Waals surface area contributed by atoms with E-state index in [9.17, 15) is 9.59 Å². The van der Waals surface area contributed by atoms with Gasteiger partial charge in [0.2, 0.25) is 0 Å². The van der Waals surface area contributed by atoms with Crippen LogP contribution in [0, 0.1) is 0 Å². The lowest BCUT2D eigenvalue weighted by molar-refractivity contribution is -0.139. The van der Waals surface area contributed by atoms with Crippen LogP contribution in [0.15, 0.2) is 76.3 Å². The molecule has 2 N–H and O–H groups in total. The van der Waals surface area contributed by atoms with E-state index in [2.05, 4.69) is 31.8 Å². The normalized spacial score (nSPS) is 11.8. The first-order valence-corrected chi connectivity index (χ1v) is 11.4. The summed E-state index contributed by atoms with van der Waals surface area (Å²) in [5.41, 5.74) is 4.35. The van der Waals surface area contributed by atoms with Gasteiger partial charge in [-0.05, 0) is 42.8 Å². The second kappa shape index (κ2) is 11.8. The molecule has 33 heavy (non-hydrogen) atoms. The van der Waals surface area contributed by atoms with Gasteiger partial charge in [0.1, 0.15) is 12.4 Å². The van der Waals surface area contributed by atoms with Crippen molar-refractivity contribution < 1.29 is 14.3 Å². The Labute approximate surface area is 210 Å². The van der Waals surface area contributed by atoms with Crippen LogP contribution in [0.25, 0.3) is 0 Å². The Balaban J connectivity index is 1.62. The average molecular weight is 549 g/mol.